The molecule has 2 aliphatic heterocycles. The molecule has 0 amide bonds. The van der Waals surface area contributed by atoms with Crippen LogP contribution < -0.4 is 4.74 Å². The molecule has 9 unspecified atom stereocenters. The molecule has 15 nitrogen and oxygen atoms in total. The van der Waals surface area contributed by atoms with Crippen molar-refractivity contribution < 1.29 is 73.9 Å². The Hall–Kier alpha value is -6.61. The SMILES string of the molecule is CC1(C)C(=O)C=CC2(C)C1=C(O)C(=O)C1(C)C2CCC2(C)C(c3ccoc3)CC3OC321.O=C(OC1Cc2c(O)cc(O)cc2OC1c1ccc(O)c(O)c1)c1cc(O)c(O)c(O)c1. The van der Waals surface area contributed by atoms with Gasteiger partial charge in [0.15, 0.2) is 46.4 Å². The number of rotatable bonds is 4. The molecule has 15 heteroatoms. The van der Waals surface area contributed by atoms with Crippen molar-refractivity contribution in [2.24, 2.45) is 27.6 Å². The number of benzene rings is 3. The second kappa shape index (κ2) is 13.7. The standard InChI is InChI=1S/C26H30O5.C22H18O10/c1-22(2)17(27)7-9-23(3)16-6-10-24(4)15(14-8-11-30-13-14)12-18-26(24,31-18)25(16,5)21(29)19(28)20(22)23;23-11-6-14(25)12-8-19(32-22(30)10-4-16(27)20(29)17(28)5-10)21(31-18(12)7-11)9-1-2-13(24)15(26)3-9/h7-9,11,13,15-16,18,28H,6,10,12H2,1-5H3;1-7,19,21,23-29H,8H2. The minimum Gasteiger partial charge on any atom is -0.508 e. The second-order valence-electron chi connectivity index (χ2n) is 18.8. The van der Waals surface area contributed by atoms with Crippen LogP contribution in [0.5, 0.6) is 46.0 Å². The van der Waals surface area contributed by atoms with E-state index in [4.69, 9.17) is 18.6 Å². The van der Waals surface area contributed by atoms with Crippen molar-refractivity contribution in [2.75, 3.05) is 0 Å². The summed E-state index contributed by atoms with van der Waals surface area (Å²) in [6, 6.07) is 10.1. The zero-order chi connectivity index (χ0) is 45.3. The van der Waals surface area contributed by atoms with Crippen LogP contribution in [0, 0.1) is 27.6 Å². The van der Waals surface area contributed by atoms with Gasteiger partial charge in [-0.05, 0) is 99.4 Å². The van der Waals surface area contributed by atoms with Gasteiger partial charge in [0.1, 0.15) is 29.0 Å². The Morgan fingerprint density at radius 2 is 1.52 bits per heavy atom. The molecule has 3 fully saturated rings. The third-order valence-corrected chi connectivity index (χ3v) is 15.2. The van der Waals surface area contributed by atoms with Crippen molar-refractivity contribution in [2.45, 2.75) is 90.1 Å². The van der Waals surface area contributed by atoms with Gasteiger partial charge in [0, 0.05) is 40.5 Å². The Morgan fingerprint density at radius 3 is 2.19 bits per heavy atom. The van der Waals surface area contributed by atoms with Gasteiger partial charge in [-0.2, -0.15) is 0 Å². The van der Waals surface area contributed by atoms with Crippen LogP contribution in [0.25, 0.3) is 0 Å². The topological polar surface area (TPSA) is 257 Å². The summed E-state index contributed by atoms with van der Waals surface area (Å²) in [5.74, 6) is -4.74. The first-order valence-electron chi connectivity index (χ1n) is 20.7. The minimum atomic E-state index is -1.06. The Labute approximate surface area is 361 Å². The highest BCUT2D eigenvalue weighted by molar-refractivity contribution is 6.06. The molecule has 63 heavy (non-hydrogen) atoms. The monoisotopic (exact) mass is 864 g/mol. The zero-order valence-corrected chi connectivity index (χ0v) is 35.1. The number of esters is 1. The number of phenolic OH excluding ortho intramolecular Hbond substituents is 7. The summed E-state index contributed by atoms with van der Waals surface area (Å²) in [5.41, 5.74) is -1.08. The van der Waals surface area contributed by atoms with Crippen LogP contribution in [-0.2, 0) is 25.5 Å². The summed E-state index contributed by atoms with van der Waals surface area (Å²) >= 11 is 0. The number of carbonyl (C=O) groups is 3. The number of furan rings is 1. The average molecular weight is 865 g/mol. The highest BCUT2D eigenvalue weighted by Gasteiger charge is 2.87. The van der Waals surface area contributed by atoms with Crippen molar-refractivity contribution in [1.29, 1.82) is 0 Å². The molecule has 4 aromatic rings. The number of epoxide rings is 1. The number of hydrogen-bond donors (Lipinski definition) is 8. The van der Waals surface area contributed by atoms with Crippen LogP contribution in [-0.4, -0.2) is 76.2 Å². The summed E-state index contributed by atoms with van der Waals surface area (Å²) in [6.07, 6.45) is 7.64. The lowest BCUT2D eigenvalue weighted by Gasteiger charge is -2.62. The van der Waals surface area contributed by atoms with Crippen molar-refractivity contribution in [3.63, 3.8) is 0 Å². The maximum absolute atomic E-state index is 14.0. The van der Waals surface area contributed by atoms with Crippen LogP contribution in [0.2, 0.25) is 0 Å². The van der Waals surface area contributed by atoms with Gasteiger partial charge in [-0.25, -0.2) is 4.79 Å². The van der Waals surface area contributed by atoms with E-state index in [-0.39, 0.29) is 81.2 Å². The van der Waals surface area contributed by atoms with Gasteiger partial charge in [-0.3, -0.25) is 9.59 Å². The number of ketones is 2. The lowest BCUT2D eigenvalue weighted by molar-refractivity contribution is -0.162. The number of Topliss-reactive ketones (excluding diaryl/α,β-unsaturated/α-hetero) is 1. The van der Waals surface area contributed by atoms with E-state index >= 15 is 0 Å². The molecule has 3 aromatic carbocycles. The molecule has 9 atom stereocenters. The van der Waals surface area contributed by atoms with Gasteiger partial charge in [0.05, 0.1) is 35.0 Å². The summed E-state index contributed by atoms with van der Waals surface area (Å²) in [5, 5.41) is 79.6. The molecule has 2 saturated carbocycles. The van der Waals surface area contributed by atoms with Crippen LogP contribution in [0.15, 0.2) is 89.0 Å². The lowest BCUT2D eigenvalue weighted by atomic mass is 9.39. The molecule has 0 radical (unpaired) electrons. The van der Waals surface area contributed by atoms with Gasteiger partial charge in [0.25, 0.3) is 0 Å². The summed E-state index contributed by atoms with van der Waals surface area (Å²) in [6.45, 7) is 10.0. The molecule has 1 saturated heterocycles. The molecular weight excluding hydrogens is 817 g/mol. The molecule has 4 aliphatic carbocycles. The first kappa shape index (κ1) is 41.7. The molecule has 1 aromatic heterocycles. The Kier molecular flexibility index (Phi) is 9.07. The predicted octanol–water partition coefficient (Wildman–Crippen LogP) is 7.42. The number of ether oxygens (including phenoxy) is 3. The van der Waals surface area contributed by atoms with Crippen LogP contribution in [0.3, 0.4) is 0 Å². The molecule has 10 rings (SSSR count). The van der Waals surface area contributed by atoms with E-state index in [1.165, 1.54) is 29.8 Å². The summed E-state index contributed by atoms with van der Waals surface area (Å²) in [7, 11) is 0. The largest absolute Gasteiger partial charge is 0.508 e. The van der Waals surface area contributed by atoms with Crippen molar-refractivity contribution >= 4 is 17.5 Å². The fourth-order valence-electron chi connectivity index (χ4n) is 12.3. The van der Waals surface area contributed by atoms with Gasteiger partial charge >= 0.3 is 5.97 Å². The Bertz CT molecular complexity index is 2660. The van der Waals surface area contributed by atoms with E-state index in [2.05, 4.69) is 13.8 Å². The minimum absolute atomic E-state index is 0.00527. The average Bonchev–Trinajstić information content (AvgIpc) is 3.58. The fraction of sp³-hybridized carbons (Fsp3) is 0.396. The maximum Gasteiger partial charge on any atom is 0.338 e. The first-order chi connectivity index (χ1) is 29.6. The summed E-state index contributed by atoms with van der Waals surface area (Å²) < 4.78 is 23.3. The van der Waals surface area contributed by atoms with E-state index < -0.39 is 63.0 Å². The fourth-order valence-corrected chi connectivity index (χ4v) is 12.3. The van der Waals surface area contributed by atoms with Crippen molar-refractivity contribution in [3.8, 4) is 46.0 Å². The third-order valence-electron chi connectivity index (χ3n) is 15.2. The normalized spacial score (nSPS) is 33.1. The smallest absolute Gasteiger partial charge is 0.338 e. The molecule has 6 aliphatic rings. The second-order valence-corrected chi connectivity index (χ2v) is 18.8. The van der Waals surface area contributed by atoms with Gasteiger partial charge in [-0.1, -0.05) is 26.0 Å². The van der Waals surface area contributed by atoms with Crippen LogP contribution in [0.1, 0.15) is 93.0 Å². The maximum atomic E-state index is 14.0. The highest BCUT2D eigenvalue weighted by atomic mass is 16.6. The van der Waals surface area contributed by atoms with Crippen LogP contribution in [0.4, 0.5) is 0 Å². The molecule has 330 valence electrons. The van der Waals surface area contributed by atoms with E-state index in [9.17, 15) is 55.2 Å². The zero-order valence-electron chi connectivity index (χ0n) is 35.1. The molecule has 3 heterocycles. The number of aliphatic hydroxyl groups is 1. The van der Waals surface area contributed by atoms with E-state index in [1.807, 2.05) is 39.2 Å². The predicted molar refractivity (Wildman–Crippen MR) is 221 cm³/mol. The molecule has 0 bridgehead atoms. The van der Waals surface area contributed by atoms with E-state index in [0.717, 1.165) is 37.5 Å². The molecule has 8 N–H and O–H groups in total. The third kappa shape index (κ3) is 5.70. The number of aromatic hydroxyl groups is 7. The number of aliphatic hydroxyl groups excluding tert-OH is 1. The quantitative estimate of drug-likeness (QED) is 0.0564. The lowest BCUT2D eigenvalue weighted by Crippen LogP contribution is -2.66. The van der Waals surface area contributed by atoms with E-state index in [0.29, 0.717) is 11.1 Å². The Balaban J connectivity index is 0.000000160. The number of carbonyl (C=O) groups excluding carboxylic acids is 3. The first-order valence-corrected chi connectivity index (χ1v) is 20.7. The number of allylic oxidation sites excluding steroid dienone is 4. The van der Waals surface area contributed by atoms with Crippen molar-refractivity contribution in [1.82, 2.24) is 0 Å². The Morgan fingerprint density at radius 1 is 0.810 bits per heavy atom. The number of phenols is 7. The van der Waals surface area contributed by atoms with Gasteiger partial charge in [0.2, 0.25) is 5.78 Å². The van der Waals surface area contributed by atoms with Crippen LogP contribution >= 0.6 is 0 Å². The molecular formula is C48H48O15. The molecule has 1 spiro atoms. The van der Waals surface area contributed by atoms with E-state index in [1.54, 1.807) is 12.3 Å². The number of hydrogen-bond acceptors (Lipinski definition) is 15. The number of fused-ring (bicyclic) bond motifs is 4. The van der Waals surface area contributed by atoms with Crippen molar-refractivity contribution in [3.05, 3.63) is 107 Å². The van der Waals surface area contributed by atoms with Gasteiger partial charge in [-0.15, -0.1) is 0 Å². The van der Waals surface area contributed by atoms with Gasteiger partial charge < -0.3 is 59.5 Å². The summed E-state index contributed by atoms with van der Waals surface area (Å²) in [4.78, 5) is 39.5. The highest BCUT2D eigenvalue weighted by Crippen LogP contribution is 2.81.